The van der Waals surface area contributed by atoms with E-state index in [9.17, 15) is 0 Å². The zero-order chi connectivity index (χ0) is 11.5. The van der Waals surface area contributed by atoms with Crippen molar-refractivity contribution in [3.63, 3.8) is 0 Å². The van der Waals surface area contributed by atoms with Crippen molar-refractivity contribution in [1.82, 2.24) is 0 Å². The van der Waals surface area contributed by atoms with E-state index in [1.165, 1.54) is 16.7 Å². The van der Waals surface area contributed by atoms with Crippen molar-refractivity contribution in [2.75, 3.05) is 6.61 Å². The summed E-state index contributed by atoms with van der Waals surface area (Å²) in [4.78, 5) is 0. The van der Waals surface area contributed by atoms with Crippen LogP contribution in [0.3, 0.4) is 0 Å². The molecule has 0 radical (unpaired) electrons. The van der Waals surface area contributed by atoms with Gasteiger partial charge in [0.25, 0.3) is 0 Å². The molecule has 1 aromatic carbocycles. The van der Waals surface area contributed by atoms with Crippen molar-refractivity contribution < 1.29 is 4.74 Å². The van der Waals surface area contributed by atoms with Crippen LogP contribution in [-0.4, -0.2) is 12.2 Å². The number of hydrogen-bond donors (Lipinski definition) is 0. The van der Waals surface area contributed by atoms with Crippen molar-refractivity contribution in [1.29, 1.82) is 0 Å². The molecule has 0 bridgehead atoms. The summed E-state index contributed by atoms with van der Waals surface area (Å²) >= 11 is 0. The van der Waals surface area contributed by atoms with Crippen LogP contribution in [0.1, 0.15) is 37.5 Å². The van der Waals surface area contributed by atoms with Crippen LogP contribution in [0.2, 0.25) is 0 Å². The average molecular weight is 206 g/mol. The molecule has 0 atom stereocenters. The minimum absolute atomic E-state index is 0.0280. The fourth-order valence-corrected chi connectivity index (χ4v) is 1.43. The lowest BCUT2D eigenvalue weighted by atomic mass is 10.0. The van der Waals surface area contributed by atoms with Crippen LogP contribution in [0, 0.1) is 13.8 Å². The van der Waals surface area contributed by atoms with E-state index >= 15 is 0 Å². The van der Waals surface area contributed by atoms with Gasteiger partial charge in [-0.25, -0.2) is 0 Å². The number of benzene rings is 1. The van der Waals surface area contributed by atoms with Gasteiger partial charge in [0.2, 0.25) is 0 Å². The number of aryl methyl sites for hydroxylation is 2. The summed E-state index contributed by atoms with van der Waals surface area (Å²) in [5, 5.41) is 0. The molecule has 84 valence electrons. The fraction of sp³-hybridized carbons (Fsp3) is 0.571. The van der Waals surface area contributed by atoms with Gasteiger partial charge in [0.05, 0.1) is 12.2 Å². The maximum absolute atomic E-state index is 5.70. The standard InChI is InChI=1S/C14H22O/c1-11-6-7-13(10-12(11)2)8-9-15-14(3,4)5/h6-7,10H,8-9H2,1-5H3. The molecule has 0 saturated carbocycles. The van der Waals surface area contributed by atoms with E-state index in [1.54, 1.807) is 0 Å². The summed E-state index contributed by atoms with van der Waals surface area (Å²) in [5.41, 5.74) is 4.06. The predicted molar refractivity (Wildman–Crippen MR) is 65.3 cm³/mol. The van der Waals surface area contributed by atoms with Gasteiger partial charge in [-0.2, -0.15) is 0 Å². The van der Waals surface area contributed by atoms with Gasteiger partial charge in [-0.3, -0.25) is 0 Å². The lowest BCUT2D eigenvalue weighted by Crippen LogP contribution is -2.20. The second kappa shape index (κ2) is 4.80. The molecule has 1 aromatic rings. The molecular formula is C14H22O. The Kier molecular flexibility index (Phi) is 3.92. The van der Waals surface area contributed by atoms with E-state index in [2.05, 4.69) is 52.8 Å². The van der Waals surface area contributed by atoms with E-state index in [-0.39, 0.29) is 5.60 Å². The van der Waals surface area contributed by atoms with Crippen LogP contribution in [0.5, 0.6) is 0 Å². The average Bonchev–Trinajstić information content (AvgIpc) is 2.09. The van der Waals surface area contributed by atoms with Crippen molar-refractivity contribution in [2.45, 2.75) is 46.6 Å². The summed E-state index contributed by atoms with van der Waals surface area (Å²) in [5.74, 6) is 0. The van der Waals surface area contributed by atoms with Gasteiger partial charge in [-0.15, -0.1) is 0 Å². The third-order valence-corrected chi connectivity index (χ3v) is 2.50. The third kappa shape index (κ3) is 4.48. The number of hydrogen-bond acceptors (Lipinski definition) is 1. The van der Waals surface area contributed by atoms with Crippen molar-refractivity contribution in [3.05, 3.63) is 34.9 Å². The number of rotatable bonds is 3. The first-order valence-corrected chi connectivity index (χ1v) is 5.58. The Balaban J connectivity index is 2.48. The highest BCUT2D eigenvalue weighted by Gasteiger charge is 2.09. The van der Waals surface area contributed by atoms with Gasteiger partial charge in [0.15, 0.2) is 0 Å². The first-order chi connectivity index (χ1) is 6.88. The Morgan fingerprint density at radius 2 is 1.73 bits per heavy atom. The SMILES string of the molecule is Cc1ccc(CCOC(C)(C)C)cc1C. The summed E-state index contributed by atoms with van der Waals surface area (Å²) in [6, 6.07) is 6.62. The lowest BCUT2D eigenvalue weighted by molar-refractivity contribution is -0.000978. The van der Waals surface area contributed by atoms with Crippen LogP contribution in [-0.2, 0) is 11.2 Å². The fourth-order valence-electron chi connectivity index (χ4n) is 1.43. The Bertz CT molecular complexity index is 321. The Labute approximate surface area is 93.5 Å². The minimum atomic E-state index is -0.0280. The molecule has 1 nitrogen and oxygen atoms in total. The largest absolute Gasteiger partial charge is 0.376 e. The van der Waals surface area contributed by atoms with Crippen LogP contribution >= 0.6 is 0 Å². The smallest absolute Gasteiger partial charge is 0.0598 e. The van der Waals surface area contributed by atoms with Crippen LogP contribution in [0.15, 0.2) is 18.2 Å². The van der Waals surface area contributed by atoms with Crippen LogP contribution < -0.4 is 0 Å². The molecule has 0 fully saturated rings. The van der Waals surface area contributed by atoms with Crippen LogP contribution in [0.25, 0.3) is 0 Å². The molecular weight excluding hydrogens is 184 g/mol. The normalized spacial score (nSPS) is 11.8. The van der Waals surface area contributed by atoms with E-state index in [0.29, 0.717) is 0 Å². The number of ether oxygens (including phenoxy) is 1. The Morgan fingerprint density at radius 1 is 1.07 bits per heavy atom. The zero-order valence-electron chi connectivity index (χ0n) is 10.6. The highest BCUT2D eigenvalue weighted by Crippen LogP contribution is 2.12. The van der Waals surface area contributed by atoms with Crippen molar-refractivity contribution in [2.24, 2.45) is 0 Å². The monoisotopic (exact) mass is 206 g/mol. The molecule has 0 heterocycles. The second-order valence-electron chi connectivity index (χ2n) is 5.13. The second-order valence-corrected chi connectivity index (χ2v) is 5.13. The van der Waals surface area contributed by atoms with E-state index in [4.69, 9.17) is 4.74 Å². The topological polar surface area (TPSA) is 9.23 Å². The molecule has 1 rings (SSSR count). The van der Waals surface area contributed by atoms with Gasteiger partial charge in [0.1, 0.15) is 0 Å². The van der Waals surface area contributed by atoms with Gasteiger partial charge in [-0.1, -0.05) is 18.2 Å². The Hall–Kier alpha value is -0.820. The molecule has 0 N–H and O–H groups in total. The zero-order valence-corrected chi connectivity index (χ0v) is 10.6. The molecule has 0 aliphatic rings. The molecule has 0 amide bonds. The van der Waals surface area contributed by atoms with Crippen molar-refractivity contribution >= 4 is 0 Å². The summed E-state index contributed by atoms with van der Waals surface area (Å²) < 4.78 is 5.70. The van der Waals surface area contributed by atoms with E-state index in [0.717, 1.165) is 13.0 Å². The highest BCUT2D eigenvalue weighted by molar-refractivity contribution is 5.29. The van der Waals surface area contributed by atoms with Crippen molar-refractivity contribution in [3.8, 4) is 0 Å². The predicted octanol–water partition coefficient (Wildman–Crippen LogP) is 3.66. The summed E-state index contributed by atoms with van der Waals surface area (Å²) in [6.45, 7) is 11.4. The summed E-state index contributed by atoms with van der Waals surface area (Å²) in [7, 11) is 0. The lowest BCUT2D eigenvalue weighted by Gasteiger charge is -2.19. The third-order valence-electron chi connectivity index (χ3n) is 2.50. The van der Waals surface area contributed by atoms with Gasteiger partial charge < -0.3 is 4.74 Å². The molecule has 0 spiro atoms. The molecule has 0 aromatic heterocycles. The van der Waals surface area contributed by atoms with Gasteiger partial charge in [0, 0.05) is 0 Å². The van der Waals surface area contributed by atoms with Gasteiger partial charge in [-0.05, 0) is 57.7 Å². The molecule has 15 heavy (non-hydrogen) atoms. The molecule has 0 aliphatic heterocycles. The molecule has 0 aliphatic carbocycles. The highest BCUT2D eigenvalue weighted by atomic mass is 16.5. The minimum Gasteiger partial charge on any atom is -0.376 e. The van der Waals surface area contributed by atoms with E-state index in [1.807, 2.05) is 0 Å². The quantitative estimate of drug-likeness (QED) is 0.733. The molecule has 0 unspecified atom stereocenters. The van der Waals surface area contributed by atoms with Gasteiger partial charge >= 0.3 is 0 Å². The summed E-state index contributed by atoms with van der Waals surface area (Å²) in [6.07, 6.45) is 0.998. The Morgan fingerprint density at radius 3 is 2.27 bits per heavy atom. The maximum Gasteiger partial charge on any atom is 0.0598 e. The van der Waals surface area contributed by atoms with Crippen LogP contribution in [0.4, 0.5) is 0 Å². The van der Waals surface area contributed by atoms with E-state index < -0.39 is 0 Å². The first kappa shape index (κ1) is 12.3. The maximum atomic E-state index is 5.70. The molecule has 0 saturated heterocycles. The molecule has 1 heteroatoms. The first-order valence-electron chi connectivity index (χ1n) is 5.58.